The van der Waals surface area contributed by atoms with Gasteiger partial charge in [0.1, 0.15) is 12.2 Å². The van der Waals surface area contributed by atoms with Gasteiger partial charge in [-0.3, -0.25) is 0 Å². The number of ether oxygens (including phenoxy) is 4. The first-order valence-corrected chi connectivity index (χ1v) is 10.3. The summed E-state index contributed by atoms with van der Waals surface area (Å²) in [4.78, 5) is 0. The molecule has 2 fully saturated rings. The first-order chi connectivity index (χ1) is 13.7. The Morgan fingerprint density at radius 1 is 0.862 bits per heavy atom. The van der Waals surface area contributed by atoms with Gasteiger partial charge >= 0.3 is 7.12 Å². The molecule has 162 valence electrons. The Balaban J connectivity index is 1.94. The van der Waals surface area contributed by atoms with Gasteiger partial charge in [0, 0.05) is 27.1 Å². The molecule has 0 N–H and O–H groups in total. The predicted molar refractivity (Wildman–Crippen MR) is 112 cm³/mol. The van der Waals surface area contributed by atoms with Crippen LogP contribution in [0.15, 0.2) is 30.3 Å². The van der Waals surface area contributed by atoms with Gasteiger partial charge in [0.15, 0.2) is 0 Å². The standard InChI is InChI=1S/C22H35BO6/c1-21(2)22(3,4)29-23(28-21)18-16(13-15-11-9-8-10-12-15)27-17(14-24-5)19(25-6)20(18)26-7/h8-12,16-20H,13-14H2,1-7H3/t16-,17-,18+,19-,20-/m1/s1. The molecule has 2 saturated heterocycles. The maximum Gasteiger partial charge on any atom is 0.466 e. The van der Waals surface area contributed by atoms with Gasteiger partial charge in [-0.2, -0.15) is 0 Å². The van der Waals surface area contributed by atoms with Crippen LogP contribution >= 0.6 is 0 Å². The van der Waals surface area contributed by atoms with E-state index < -0.39 is 18.3 Å². The zero-order valence-electron chi connectivity index (χ0n) is 18.7. The molecule has 1 aromatic carbocycles. The largest absolute Gasteiger partial charge is 0.466 e. The summed E-state index contributed by atoms with van der Waals surface area (Å²) in [5, 5.41) is 0. The molecule has 7 heteroatoms. The summed E-state index contributed by atoms with van der Waals surface area (Å²) in [7, 11) is 4.61. The van der Waals surface area contributed by atoms with Gasteiger partial charge in [-0.05, 0) is 39.7 Å². The van der Waals surface area contributed by atoms with Gasteiger partial charge < -0.3 is 28.3 Å². The molecular weight excluding hydrogens is 371 g/mol. The van der Waals surface area contributed by atoms with Crippen LogP contribution in [-0.4, -0.2) is 70.7 Å². The zero-order valence-corrected chi connectivity index (χ0v) is 18.7. The molecule has 0 radical (unpaired) electrons. The van der Waals surface area contributed by atoms with Gasteiger partial charge in [0.05, 0.1) is 30.0 Å². The van der Waals surface area contributed by atoms with Crippen molar-refractivity contribution in [3.63, 3.8) is 0 Å². The van der Waals surface area contributed by atoms with E-state index in [0.29, 0.717) is 6.61 Å². The van der Waals surface area contributed by atoms with Crippen LogP contribution in [0, 0.1) is 0 Å². The average molecular weight is 406 g/mol. The van der Waals surface area contributed by atoms with Crippen LogP contribution < -0.4 is 0 Å². The molecule has 2 aliphatic heterocycles. The SMILES string of the molecule is COC[C@H]1O[C@H](Cc2ccccc2)[C@H](B2OC(C)(C)C(C)(C)O2)[C@@H](OC)[C@@H]1OC. The lowest BCUT2D eigenvalue weighted by Crippen LogP contribution is -2.59. The third kappa shape index (κ3) is 4.55. The summed E-state index contributed by atoms with van der Waals surface area (Å²) in [6.07, 6.45) is -0.203. The highest BCUT2D eigenvalue weighted by molar-refractivity contribution is 6.48. The molecular formula is C22H35BO6. The summed E-state index contributed by atoms with van der Waals surface area (Å²) < 4.78 is 36.6. The lowest BCUT2D eigenvalue weighted by atomic mass is 9.61. The van der Waals surface area contributed by atoms with Crippen molar-refractivity contribution in [2.75, 3.05) is 27.9 Å². The van der Waals surface area contributed by atoms with Crippen molar-refractivity contribution in [1.82, 2.24) is 0 Å². The molecule has 2 heterocycles. The van der Waals surface area contributed by atoms with Crippen LogP contribution in [0.4, 0.5) is 0 Å². The molecule has 0 bridgehead atoms. The van der Waals surface area contributed by atoms with Gasteiger partial charge in [0.25, 0.3) is 0 Å². The second-order valence-corrected chi connectivity index (χ2v) is 8.96. The third-order valence-corrected chi connectivity index (χ3v) is 6.59. The van der Waals surface area contributed by atoms with Crippen LogP contribution in [0.2, 0.25) is 5.82 Å². The molecule has 6 nitrogen and oxygen atoms in total. The number of rotatable bonds is 7. The minimum absolute atomic E-state index is 0.153. The van der Waals surface area contributed by atoms with Crippen molar-refractivity contribution >= 4 is 7.12 Å². The first kappa shape index (κ1) is 22.7. The second-order valence-electron chi connectivity index (χ2n) is 8.96. The van der Waals surface area contributed by atoms with Crippen molar-refractivity contribution < 1.29 is 28.3 Å². The van der Waals surface area contributed by atoms with Crippen LogP contribution in [0.25, 0.3) is 0 Å². The second kappa shape index (κ2) is 9.04. The van der Waals surface area contributed by atoms with Crippen LogP contribution in [0.1, 0.15) is 33.3 Å². The van der Waals surface area contributed by atoms with Gasteiger partial charge in [-0.1, -0.05) is 30.3 Å². The Labute approximate surface area is 175 Å². The van der Waals surface area contributed by atoms with Gasteiger partial charge in [-0.15, -0.1) is 0 Å². The first-order valence-electron chi connectivity index (χ1n) is 10.3. The van der Waals surface area contributed by atoms with Crippen molar-refractivity contribution in [2.24, 2.45) is 0 Å². The zero-order chi connectivity index (χ0) is 21.2. The van der Waals surface area contributed by atoms with Crippen molar-refractivity contribution in [1.29, 1.82) is 0 Å². The molecule has 3 rings (SSSR count). The highest BCUT2D eigenvalue weighted by atomic mass is 16.7. The Kier molecular flexibility index (Phi) is 7.08. The highest BCUT2D eigenvalue weighted by Crippen LogP contribution is 2.46. The number of benzene rings is 1. The molecule has 0 amide bonds. The fraction of sp³-hybridized carbons (Fsp3) is 0.727. The molecule has 0 unspecified atom stereocenters. The van der Waals surface area contributed by atoms with E-state index in [1.54, 1.807) is 21.3 Å². The summed E-state index contributed by atoms with van der Waals surface area (Å²) in [5.74, 6) is -0.153. The third-order valence-electron chi connectivity index (χ3n) is 6.59. The Hall–Kier alpha value is -0.955. The maximum absolute atomic E-state index is 6.54. The smallest absolute Gasteiger partial charge is 0.403 e. The van der Waals surface area contributed by atoms with Crippen LogP contribution in [-0.2, 0) is 34.7 Å². The summed E-state index contributed by atoms with van der Waals surface area (Å²) in [5.41, 5.74) is 0.333. The minimum atomic E-state index is -0.459. The fourth-order valence-electron chi connectivity index (χ4n) is 4.32. The molecule has 29 heavy (non-hydrogen) atoms. The quantitative estimate of drug-likeness (QED) is 0.649. The fourth-order valence-corrected chi connectivity index (χ4v) is 4.32. The van der Waals surface area contributed by atoms with E-state index >= 15 is 0 Å². The average Bonchev–Trinajstić information content (AvgIpc) is 2.89. The van der Waals surface area contributed by atoms with Crippen LogP contribution in [0.3, 0.4) is 0 Å². The molecule has 1 aromatic rings. The van der Waals surface area contributed by atoms with E-state index in [1.807, 2.05) is 18.2 Å². The number of hydrogen-bond acceptors (Lipinski definition) is 6. The highest BCUT2D eigenvalue weighted by Gasteiger charge is 2.60. The van der Waals surface area contributed by atoms with Gasteiger partial charge in [-0.25, -0.2) is 0 Å². The molecule has 0 spiro atoms. The molecule has 0 aromatic heterocycles. The maximum atomic E-state index is 6.54. The Morgan fingerprint density at radius 2 is 1.45 bits per heavy atom. The Bertz CT molecular complexity index is 636. The predicted octanol–water partition coefficient (Wildman–Crippen LogP) is 3.14. The van der Waals surface area contributed by atoms with Crippen LogP contribution in [0.5, 0.6) is 0 Å². The van der Waals surface area contributed by atoms with Crippen molar-refractivity contribution in [3.05, 3.63) is 35.9 Å². The van der Waals surface area contributed by atoms with Gasteiger partial charge in [0.2, 0.25) is 0 Å². The van der Waals surface area contributed by atoms with E-state index in [4.69, 9.17) is 28.3 Å². The normalized spacial score (nSPS) is 33.8. The van der Waals surface area contributed by atoms with E-state index in [-0.39, 0.29) is 30.2 Å². The number of methoxy groups -OCH3 is 3. The van der Waals surface area contributed by atoms with E-state index in [9.17, 15) is 0 Å². The molecule has 2 aliphatic rings. The summed E-state index contributed by atoms with van der Waals surface area (Å²) in [6, 6.07) is 10.3. The van der Waals surface area contributed by atoms with Crippen molar-refractivity contribution in [3.8, 4) is 0 Å². The van der Waals surface area contributed by atoms with E-state index in [0.717, 1.165) is 6.42 Å². The summed E-state index contributed by atoms with van der Waals surface area (Å²) >= 11 is 0. The number of hydrogen-bond donors (Lipinski definition) is 0. The Morgan fingerprint density at radius 3 is 1.97 bits per heavy atom. The van der Waals surface area contributed by atoms with E-state index in [1.165, 1.54) is 5.56 Å². The van der Waals surface area contributed by atoms with E-state index in [2.05, 4.69) is 39.8 Å². The summed E-state index contributed by atoms with van der Waals surface area (Å²) in [6.45, 7) is 8.68. The minimum Gasteiger partial charge on any atom is -0.403 e. The molecule has 5 atom stereocenters. The molecule has 0 aliphatic carbocycles. The lowest BCUT2D eigenvalue weighted by Gasteiger charge is -2.46. The lowest BCUT2D eigenvalue weighted by molar-refractivity contribution is -0.201. The monoisotopic (exact) mass is 406 g/mol. The molecule has 0 saturated carbocycles. The topological polar surface area (TPSA) is 55.4 Å². The van der Waals surface area contributed by atoms with Crippen molar-refractivity contribution in [2.45, 2.75) is 75.6 Å².